The Kier molecular flexibility index (Phi) is 4.33. The molecule has 3 nitrogen and oxygen atoms in total. The van der Waals surface area contributed by atoms with E-state index in [0.29, 0.717) is 6.61 Å². The molecule has 0 fully saturated rings. The summed E-state index contributed by atoms with van der Waals surface area (Å²) in [7, 11) is 4.19. The molecule has 4 rings (SSSR count). The van der Waals surface area contributed by atoms with Crippen LogP contribution in [0, 0.1) is 5.92 Å². The van der Waals surface area contributed by atoms with Crippen molar-refractivity contribution >= 4 is 10.8 Å². The van der Waals surface area contributed by atoms with E-state index in [0.717, 1.165) is 29.0 Å². The summed E-state index contributed by atoms with van der Waals surface area (Å²) in [6.45, 7) is 1.59. The number of nitrogens with zero attached hydrogens (tertiary/aromatic N) is 1. The highest BCUT2D eigenvalue weighted by Crippen LogP contribution is 2.40. The molecular formula is C22H23NO2. The van der Waals surface area contributed by atoms with Gasteiger partial charge in [0.2, 0.25) is 0 Å². The largest absolute Gasteiger partial charge is 0.493 e. The smallest absolute Gasteiger partial charge is 0.135 e. The van der Waals surface area contributed by atoms with Gasteiger partial charge in [-0.1, -0.05) is 54.6 Å². The Labute approximate surface area is 148 Å². The second kappa shape index (κ2) is 6.77. The normalized spacial score (nSPS) is 19.5. The van der Waals surface area contributed by atoms with Gasteiger partial charge in [0.05, 0.1) is 6.61 Å². The number of fused-ring (bicyclic) bond motifs is 2. The Morgan fingerprint density at radius 1 is 0.960 bits per heavy atom. The van der Waals surface area contributed by atoms with Crippen LogP contribution in [0.4, 0.5) is 0 Å². The molecule has 2 atom stereocenters. The fourth-order valence-corrected chi connectivity index (χ4v) is 3.60. The van der Waals surface area contributed by atoms with Gasteiger partial charge in [0.25, 0.3) is 0 Å². The van der Waals surface area contributed by atoms with E-state index in [4.69, 9.17) is 9.47 Å². The fourth-order valence-electron chi connectivity index (χ4n) is 3.60. The highest BCUT2D eigenvalue weighted by atomic mass is 16.5. The van der Waals surface area contributed by atoms with Gasteiger partial charge in [-0.3, -0.25) is 0 Å². The van der Waals surface area contributed by atoms with Crippen molar-refractivity contribution in [1.29, 1.82) is 0 Å². The standard InChI is InChI=1S/C22H23NO2/c1-23(2)14-17-15-24-20-12-6-5-11-19(20)22(17)25-21-13-7-9-16-8-3-4-10-18(16)21/h3-13,17,22H,14-15H2,1-2H3/t17-,22-/m1/s1. The molecule has 1 heterocycles. The first-order valence-corrected chi connectivity index (χ1v) is 8.73. The molecule has 25 heavy (non-hydrogen) atoms. The summed E-state index contributed by atoms with van der Waals surface area (Å²) in [5.74, 6) is 2.15. The predicted molar refractivity (Wildman–Crippen MR) is 101 cm³/mol. The van der Waals surface area contributed by atoms with Gasteiger partial charge in [-0.2, -0.15) is 0 Å². The van der Waals surface area contributed by atoms with E-state index in [2.05, 4.69) is 73.6 Å². The molecule has 0 saturated carbocycles. The second-order valence-electron chi connectivity index (χ2n) is 6.89. The topological polar surface area (TPSA) is 21.7 Å². The zero-order chi connectivity index (χ0) is 17.2. The first-order chi connectivity index (χ1) is 12.2. The molecule has 3 aromatic rings. The van der Waals surface area contributed by atoms with Crippen LogP contribution < -0.4 is 9.47 Å². The van der Waals surface area contributed by atoms with Gasteiger partial charge in [-0.25, -0.2) is 0 Å². The van der Waals surface area contributed by atoms with E-state index < -0.39 is 0 Å². The zero-order valence-electron chi connectivity index (χ0n) is 14.7. The predicted octanol–water partition coefficient (Wildman–Crippen LogP) is 4.53. The number of hydrogen-bond acceptors (Lipinski definition) is 3. The molecule has 0 bridgehead atoms. The number of benzene rings is 3. The van der Waals surface area contributed by atoms with E-state index >= 15 is 0 Å². The van der Waals surface area contributed by atoms with Crippen molar-refractivity contribution in [2.24, 2.45) is 5.92 Å². The molecule has 0 N–H and O–H groups in total. The van der Waals surface area contributed by atoms with Gasteiger partial charge in [0.1, 0.15) is 17.6 Å². The van der Waals surface area contributed by atoms with Crippen molar-refractivity contribution in [3.05, 3.63) is 72.3 Å². The molecule has 0 radical (unpaired) electrons. The SMILES string of the molecule is CN(C)C[C@@H]1COc2ccccc2[C@@H]1Oc1cccc2ccccc12. The van der Waals surface area contributed by atoms with Gasteiger partial charge >= 0.3 is 0 Å². The molecule has 0 unspecified atom stereocenters. The lowest BCUT2D eigenvalue weighted by atomic mass is 9.92. The van der Waals surface area contributed by atoms with Crippen molar-refractivity contribution in [3.63, 3.8) is 0 Å². The second-order valence-corrected chi connectivity index (χ2v) is 6.89. The Morgan fingerprint density at radius 2 is 1.72 bits per heavy atom. The van der Waals surface area contributed by atoms with Gasteiger partial charge in [0, 0.05) is 23.4 Å². The molecule has 0 aliphatic carbocycles. The van der Waals surface area contributed by atoms with E-state index in [1.807, 2.05) is 12.1 Å². The Morgan fingerprint density at radius 3 is 2.60 bits per heavy atom. The average Bonchev–Trinajstić information content (AvgIpc) is 2.63. The minimum Gasteiger partial charge on any atom is -0.493 e. The summed E-state index contributed by atoms with van der Waals surface area (Å²) in [6.07, 6.45) is -0.0156. The number of rotatable bonds is 4. The summed E-state index contributed by atoms with van der Waals surface area (Å²) in [5.41, 5.74) is 1.13. The minimum absolute atomic E-state index is 0.0156. The van der Waals surface area contributed by atoms with Crippen LogP contribution in [0.15, 0.2) is 66.7 Å². The molecule has 1 aliphatic heterocycles. The van der Waals surface area contributed by atoms with E-state index in [9.17, 15) is 0 Å². The van der Waals surface area contributed by atoms with Crippen LogP contribution in [0.2, 0.25) is 0 Å². The monoisotopic (exact) mass is 333 g/mol. The van der Waals surface area contributed by atoms with Gasteiger partial charge in [-0.05, 0) is 31.6 Å². The average molecular weight is 333 g/mol. The Balaban J connectivity index is 1.74. The quantitative estimate of drug-likeness (QED) is 0.700. The molecule has 3 heteroatoms. The van der Waals surface area contributed by atoms with Crippen molar-refractivity contribution < 1.29 is 9.47 Å². The van der Waals surface area contributed by atoms with Crippen LogP contribution in [0.1, 0.15) is 11.7 Å². The van der Waals surface area contributed by atoms with Crippen LogP contribution in [0.25, 0.3) is 10.8 Å². The summed E-state index contributed by atoms with van der Waals surface area (Å²) >= 11 is 0. The molecule has 1 aliphatic rings. The highest BCUT2D eigenvalue weighted by Gasteiger charge is 2.33. The number of hydrogen-bond donors (Lipinski definition) is 0. The summed E-state index contributed by atoms with van der Waals surface area (Å²) in [4.78, 5) is 2.20. The maximum Gasteiger partial charge on any atom is 0.135 e. The van der Waals surface area contributed by atoms with Gasteiger partial charge < -0.3 is 14.4 Å². The van der Waals surface area contributed by atoms with Crippen molar-refractivity contribution in [2.45, 2.75) is 6.10 Å². The third-order valence-corrected chi connectivity index (χ3v) is 4.71. The van der Waals surface area contributed by atoms with Crippen LogP contribution >= 0.6 is 0 Å². The maximum atomic E-state index is 6.60. The lowest BCUT2D eigenvalue weighted by Crippen LogP contribution is -2.36. The number of para-hydroxylation sites is 1. The summed E-state index contributed by atoms with van der Waals surface area (Å²) in [5, 5.41) is 2.35. The molecule has 0 amide bonds. The van der Waals surface area contributed by atoms with Crippen molar-refractivity contribution in [1.82, 2.24) is 4.90 Å². The molecule has 3 aromatic carbocycles. The summed E-state index contributed by atoms with van der Waals surface area (Å²) < 4.78 is 12.6. The molecule has 0 saturated heterocycles. The molecule has 0 spiro atoms. The molecule has 128 valence electrons. The van der Waals surface area contributed by atoms with Gasteiger partial charge in [-0.15, -0.1) is 0 Å². The zero-order valence-corrected chi connectivity index (χ0v) is 14.7. The summed E-state index contributed by atoms with van der Waals surface area (Å²) in [6, 6.07) is 22.8. The van der Waals surface area contributed by atoms with Crippen LogP contribution in [-0.2, 0) is 0 Å². The lowest BCUT2D eigenvalue weighted by molar-refractivity contribution is 0.0553. The minimum atomic E-state index is -0.0156. The van der Waals surface area contributed by atoms with Crippen LogP contribution in [0.3, 0.4) is 0 Å². The highest BCUT2D eigenvalue weighted by molar-refractivity contribution is 5.88. The van der Waals surface area contributed by atoms with Crippen LogP contribution in [0.5, 0.6) is 11.5 Å². The van der Waals surface area contributed by atoms with E-state index in [-0.39, 0.29) is 12.0 Å². The Hall–Kier alpha value is -2.52. The third kappa shape index (κ3) is 3.20. The van der Waals surface area contributed by atoms with E-state index in [1.54, 1.807) is 0 Å². The van der Waals surface area contributed by atoms with Crippen LogP contribution in [-0.4, -0.2) is 32.1 Å². The first-order valence-electron chi connectivity index (χ1n) is 8.73. The molecular weight excluding hydrogens is 310 g/mol. The van der Waals surface area contributed by atoms with Gasteiger partial charge in [0.15, 0.2) is 0 Å². The fraction of sp³-hybridized carbons (Fsp3) is 0.273. The Bertz CT molecular complexity index is 869. The maximum absolute atomic E-state index is 6.60. The third-order valence-electron chi connectivity index (χ3n) is 4.71. The number of ether oxygens (including phenoxy) is 2. The van der Waals surface area contributed by atoms with E-state index in [1.165, 1.54) is 5.39 Å². The van der Waals surface area contributed by atoms with Crippen molar-refractivity contribution in [3.8, 4) is 11.5 Å². The first kappa shape index (κ1) is 16.0. The molecule has 0 aromatic heterocycles. The van der Waals surface area contributed by atoms with Crippen molar-refractivity contribution in [2.75, 3.05) is 27.2 Å². The lowest BCUT2D eigenvalue weighted by Gasteiger charge is -2.35.